The fourth-order valence-electron chi connectivity index (χ4n) is 2.37. The standard InChI is InChI=1S/C15H19NO3/c1-15(2,7-8-17)10-16-13(18)9-11-5-3-4-6-12(11)14(16)19/h3-6,17H,7-10H2,1-2H3. The van der Waals surface area contributed by atoms with Crippen molar-refractivity contribution in [2.45, 2.75) is 26.7 Å². The molecular weight excluding hydrogens is 242 g/mol. The Morgan fingerprint density at radius 1 is 1.26 bits per heavy atom. The first-order chi connectivity index (χ1) is 8.94. The molecular formula is C15H19NO3. The van der Waals surface area contributed by atoms with Crippen molar-refractivity contribution in [2.24, 2.45) is 5.41 Å². The molecule has 0 unspecified atom stereocenters. The average Bonchev–Trinajstić information content (AvgIpc) is 2.34. The lowest BCUT2D eigenvalue weighted by Gasteiger charge is -2.34. The van der Waals surface area contributed by atoms with Crippen LogP contribution in [0.3, 0.4) is 0 Å². The molecule has 1 N–H and O–H groups in total. The Kier molecular flexibility index (Phi) is 3.71. The Balaban J connectivity index is 2.24. The zero-order valence-electron chi connectivity index (χ0n) is 11.3. The Bertz CT molecular complexity index is 508. The predicted molar refractivity (Wildman–Crippen MR) is 71.7 cm³/mol. The van der Waals surface area contributed by atoms with Crippen LogP contribution in [0.4, 0.5) is 0 Å². The van der Waals surface area contributed by atoms with Gasteiger partial charge in [0.15, 0.2) is 0 Å². The van der Waals surface area contributed by atoms with Crippen molar-refractivity contribution in [2.75, 3.05) is 13.2 Å². The molecule has 102 valence electrons. The molecule has 1 aromatic carbocycles. The SMILES string of the molecule is CC(C)(CCO)CN1C(=O)Cc2ccccc2C1=O. The molecule has 2 amide bonds. The third-order valence-corrected chi connectivity index (χ3v) is 3.51. The number of nitrogens with zero attached hydrogens (tertiary/aromatic N) is 1. The summed E-state index contributed by atoms with van der Waals surface area (Å²) in [4.78, 5) is 25.8. The summed E-state index contributed by atoms with van der Waals surface area (Å²) in [6, 6.07) is 7.23. The minimum absolute atomic E-state index is 0.0554. The number of hydrogen-bond acceptors (Lipinski definition) is 3. The van der Waals surface area contributed by atoms with Gasteiger partial charge in [-0.3, -0.25) is 14.5 Å². The van der Waals surface area contributed by atoms with Crippen LogP contribution in [0.25, 0.3) is 0 Å². The van der Waals surface area contributed by atoms with Gasteiger partial charge in [0.1, 0.15) is 0 Å². The number of imide groups is 1. The second-order valence-electron chi connectivity index (χ2n) is 5.76. The van der Waals surface area contributed by atoms with Crippen LogP contribution in [-0.2, 0) is 11.2 Å². The summed E-state index contributed by atoms with van der Waals surface area (Å²) in [5.74, 6) is -0.382. The first-order valence-corrected chi connectivity index (χ1v) is 6.48. The average molecular weight is 261 g/mol. The highest BCUT2D eigenvalue weighted by Gasteiger charge is 2.34. The summed E-state index contributed by atoms with van der Waals surface area (Å²) in [5.41, 5.74) is 1.14. The largest absolute Gasteiger partial charge is 0.396 e. The van der Waals surface area contributed by atoms with E-state index in [0.717, 1.165) is 5.56 Å². The summed E-state index contributed by atoms with van der Waals surface area (Å²) in [5, 5.41) is 9.03. The highest BCUT2D eigenvalue weighted by atomic mass is 16.3. The molecule has 0 spiro atoms. The van der Waals surface area contributed by atoms with E-state index in [4.69, 9.17) is 5.11 Å². The van der Waals surface area contributed by atoms with Crippen molar-refractivity contribution in [3.8, 4) is 0 Å². The second-order valence-corrected chi connectivity index (χ2v) is 5.76. The summed E-state index contributed by atoms with van der Waals surface area (Å²) in [6.07, 6.45) is 0.836. The quantitative estimate of drug-likeness (QED) is 0.838. The van der Waals surface area contributed by atoms with E-state index >= 15 is 0 Å². The number of amides is 2. The van der Waals surface area contributed by atoms with Crippen LogP contribution in [0.5, 0.6) is 0 Å². The molecule has 0 atom stereocenters. The molecule has 4 nitrogen and oxygen atoms in total. The van der Waals surface area contributed by atoms with Gasteiger partial charge in [-0.1, -0.05) is 32.0 Å². The maximum Gasteiger partial charge on any atom is 0.260 e. The van der Waals surface area contributed by atoms with E-state index in [9.17, 15) is 9.59 Å². The molecule has 0 saturated heterocycles. The van der Waals surface area contributed by atoms with Crippen molar-refractivity contribution in [1.29, 1.82) is 0 Å². The number of benzene rings is 1. The number of fused-ring (bicyclic) bond motifs is 1. The molecule has 0 radical (unpaired) electrons. The number of aliphatic hydroxyl groups excluding tert-OH is 1. The van der Waals surface area contributed by atoms with Crippen molar-refractivity contribution >= 4 is 11.8 Å². The highest BCUT2D eigenvalue weighted by Crippen LogP contribution is 2.26. The van der Waals surface area contributed by atoms with Crippen LogP contribution in [0.1, 0.15) is 36.2 Å². The molecule has 4 heteroatoms. The fourth-order valence-corrected chi connectivity index (χ4v) is 2.37. The van der Waals surface area contributed by atoms with E-state index in [2.05, 4.69) is 0 Å². The lowest BCUT2D eigenvalue weighted by atomic mass is 9.87. The van der Waals surface area contributed by atoms with Gasteiger partial charge in [-0.05, 0) is 23.5 Å². The van der Waals surface area contributed by atoms with Crippen LogP contribution in [0.15, 0.2) is 24.3 Å². The zero-order chi connectivity index (χ0) is 14.0. The second kappa shape index (κ2) is 5.13. The fraction of sp³-hybridized carbons (Fsp3) is 0.467. The molecule has 0 fully saturated rings. The first-order valence-electron chi connectivity index (χ1n) is 6.48. The topological polar surface area (TPSA) is 57.6 Å². The highest BCUT2D eigenvalue weighted by molar-refractivity contribution is 6.09. The van der Waals surface area contributed by atoms with Crippen LogP contribution < -0.4 is 0 Å². The van der Waals surface area contributed by atoms with Gasteiger partial charge < -0.3 is 5.11 Å². The minimum Gasteiger partial charge on any atom is -0.396 e. The normalized spacial score (nSPS) is 15.6. The number of carbonyl (C=O) groups excluding carboxylic acids is 2. The Morgan fingerprint density at radius 3 is 2.63 bits per heavy atom. The molecule has 1 aliphatic heterocycles. The zero-order valence-corrected chi connectivity index (χ0v) is 11.3. The number of carbonyl (C=O) groups is 2. The van der Waals surface area contributed by atoms with Gasteiger partial charge in [-0.15, -0.1) is 0 Å². The molecule has 19 heavy (non-hydrogen) atoms. The lowest BCUT2D eigenvalue weighted by molar-refractivity contribution is -0.129. The summed E-state index contributed by atoms with van der Waals surface area (Å²) in [7, 11) is 0. The molecule has 1 heterocycles. The molecule has 1 aromatic rings. The van der Waals surface area contributed by atoms with Crippen LogP contribution in [-0.4, -0.2) is 35.0 Å². The summed E-state index contributed by atoms with van der Waals surface area (Å²) >= 11 is 0. The van der Waals surface area contributed by atoms with Gasteiger partial charge in [0.2, 0.25) is 5.91 Å². The van der Waals surface area contributed by atoms with Crippen LogP contribution in [0, 0.1) is 5.41 Å². The van der Waals surface area contributed by atoms with Crippen molar-refractivity contribution in [3.63, 3.8) is 0 Å². The number of rotatable bonds is 4. The summed E-state index contributed by atoms with van der Waals surface area (Å²) in [6.45, 7) is 4.30. The van der Waals surface area contributed by atoms with E-state index in [1.54, 1.807) is 6.07 Å². The smallest absolute Gasteiger partial charge is 0.260 e. The molecule has 0 aromatic heterocycles. The van der Waals surface area contributed by atoms with Gasteiger partial charge >= 0.3 is 0 Å². The Morgan fingerprint density at radius 2 is 1.95 bits per heavy atom. The monoisotopic (exact) mass is 261 g/mol. The van der Waals surface area contributed by atoms with Crippen molar-refractivity contribution < 1.29 is 14.7 Å². The molecule has 0 bridgehead atoms. The third-order valence-electron chi connectivity index (χ3n) is 3.51. The number of aliphatic hydroxyl groups is 1. The van der Waals surface area contributed by atoms with E-state index in [0.29, 0.717) is 18.5 Å². The van der Waals surface area contributed by atoms with Crippen molar-refractivity contribution in [3.05, 3.63) is 35.4 Å². The van der Waals surface area contributed by atoms with E-state index < -0.39 is 0 Å². The maximum atomic E-state index is 12.4. The minimum atomic E-state index is -0.271. The van der Waals surface area contributed by atoms with Crippen LogP contribution in [0.2, 0.25) is 0 Å². The van der Waals surface area contributed by atoms with Gasteiger partial charge in [0.25, 0.3) is 5.91 Å². The molecule has 0 saturated carbocycles. The van der Waals surface area contributed by atoms with Crippen molar-refractivity contribution in [1.82, 2.24) is 4.90 Å². The predicted octanol–water partition coefficient (Wildman–Crippen LogP) is 1.62. The van der Waals surface area contributed by atoms with Gasteiger partial charge in [0, 0.05) is 18.7 Å². The van der Waals surface area contributed by atoms with E-state index in [1.165, 1.54) is 4.90 Å². The van der Waals surface area contributed by atoms with Gasteiger partial charge in [0.05, 0.1) is 6.42 Å². The van der Waals surface area contributed by atoms with Gasteiger partial charge in [-0.25, -0.2) is 0 Å². The summed E-state index contributed by atoms with van der Waals surface area (Å²) < 4.78 is 0. The van der Waals surface area contributed by atoms with E-state index in [-0.39, 0.29) is 30.3 Å². The third kappa shape index (κ3) is 2.84. The molecule has 1 aliphatic rings. The van der Waals surface area contributed by atoms with Gasteiger partial charge in [-0.2, -0.15) is 0 Å². The maximum absolute atomic E-state index is 12.4. The Hall–Kier alpha value is -1.68. The lowest BCUT2D eigenvalue weighted by Crippen LogP contribution is -2.47. The molecule has 2 rings (SSSR count). The molecule has 0 aliphatic carbocycles. The number of hydrogen-bond donors (Lipinski definition) is 1. The Labute approximate surface area is 113 Å². The first kappa shape index (κ1) is 13.7. The van der Waals surface area contributed by atoms with E-state index in [1.807, 2.05) is 32.0 Å². The van der Waals surface area contributed by atoms with Crippen LogP contribution >= 0.6 is 0 Å².